The highest BCUT2D eigenvalue weighted by atomic mass is 35.5. The topological polar surface area (TPSA) is 45.5 Å². The normalized spacial score (nSPS) is 18.4. The van der Waals surface area contributed by atoms with Crippen molar-refractivity contribution in [1.29, 1.82) is 0 Å². The number of carbonyl (C=O) groups is 1. The summed E-state index contributed by atoms with van der Waals surface area (Å²) in [6.45, 7) is 5.16. The zero-order valence-electron chi connectivity index (χ0n) is 9.40. The fourth-order valence-corrected chi connectivity index (χ4v) is 2.22. The molecule has 0 radical (unpaired) electrons. The highest BCUT2D eigenvalue weighted by Gasteiger charge is 2.40. The van der Waals surface area contributed by atoms with Crippen LogP contribution < -0.4 is 0 Å². The molecule has 1 amide bonds. The number of β-amino-alcohol motifs (C(OH)–C–C–N with tert-alkyl or cyclic N) is 1. The van der Waals surface area contributed by atoms with Gasteiger partial charge in [0.05, 0.1) is 23.7 Å². The SMILES string of the molecule is CCn1cc(Cl)cc1C(=O)N1CC(C)(O)C1. The van der Waals surface area contributed by atoms with E-state index in [1.54, 1.807) is 24.1 Å². The lowest BCUT2D eigenvalue weighted by atomic mass is 9.96. The third-order valence-corrected chi connectivity index (χ3v) is 2.98. The first-order valence-electron chi connectivity index (χ1n) is 5.30. The Morgan fingerprint density at radius 1 is 1.62 bits per heavy atom. The van der Waals surface area contributed by atoms with Crippen molar-refractivity contribution >= 4 is 17.5 Å². The molecule has 1 aliphatic heterocycles. The van der Waals surface area contributed by atoms with Crippen LogP contribution in [-0.4, -0.2) is 39.2 Å². The van der Waals surface area contributed by atoms with Crippen molar-refractivity contribution < 1.29 is 9.90 Å². The number of halogens is 1. The monoisotopic (exact) mass is 242 g/mol. The summed E-state index contributed by atoms with van der Waals surface area (Å²) < 4.78 is 1.82. The summed E-state index contributed by atoms with van der Waals surface area (Å²) in [6.07, 6.45) is 1.74. The predicted molar refractivity (Wildman–Crippen MR) is 61.6 cm³/mol. The molecule has 1 saturated heterocycles. The van der Waals surface area contributed by atoms with Gasteiger partial charge in [-0.15, -0.1) is 0 Å². The molecule has 2 rings (SSSR count). The fourth-order valence-electron chi connectivity index (χ4n) is 2.00. The predicted octanol–water partition coefficient (Wildman–Crippen LogP) is 1.37. The number of hydrogen-bond donors (Lipinski definition) is 1. The zero-order valence-corrected chi connectivity index (χ0v) is 10.2. The Morgan fingerprint density at radius 3 is 2.75 bits per heavy atom. The molecule has 0 spiro atoms. The Morgan fingerprint density at radius 2 is 2.25 bits per heavy atom. The number of aliphatic hydroxyl groups is 1. The van der Waals surface area contributed by atoms with Gasteiger partial charge in [-0.25, -0.2) is 0 Å². The van der Waals surface area contributed by atoms with E-state index >= 15 is 0 Å². The van der Waals surface area contributed by atoms with Crippen LogP contribution in [0.25, 0.3) is 0 Å². The van der Waals surface area contributed by atoms with Crippen LogP contribution in [0.3, 0.4) is 0 Å². The Balaban J connectivity index is 2.15. The maximum absolute atomic E-state index is 12.0. The maximum atomic E-state index is 12.0. The standard InChI is InChI=1S/C11H15ClN2O2/c1-3-13-5-8(12)4-9(13)10(15)14-6-11(2,16)7-14/h4-5,16H,3,6-7H2,1-2H3. The summed E-state index contributed by atoms with van der Waals surface area (Å²) in [5, 5.41) is 10.2. The fraction of sp³-hybridized carbons (Fsp3) is 0.545. The lowest BCUT2D eigenvalue weighted by Gasteiger charge is -2.44. The van der Waals surface area contributed by atoms with Crippen LogP contribution in [-0.2, 0) is 6.54 Å². The first kappa shape index (κ1) is 11.5. The molecule has 0 saturated carbocycles. The van der Waals surface area contributed by atoms with Crippen LogP contribution in [0.2, 0.25) is 5.02 Å². The number of aromatic nitrogens is 1. The number of likely N-dealkylation sites (tertiary alicyclic amines) is 1. The van der Waals surface area contributed by atoms with Crippen molar-refractivity contribution in [2.24, 2.45) is 0 Å². The first-order valence-corrected chi connectivity index (χ1v) is 5.68. The molecule has 88 valence electrons. The van der Waals surface area contributed by atoms with Gasteiger partial charge in [-0.3, -0.25) is 4.79 Å². The van der Waals surface area contributed by atoms with E-state index in [0.717, 1.165) is 0 Å². The largest absolute Gasteiger partial charge is 0.386 e. The highest BCUT2D eigenvalue weighted by molar-refractivity contribution is 6.31. The molecule has 1 aromatic rings. The van der Waals surface area contributed by atoms with Gasteiger partial charge >= 0.3 is 0 Å². The second kappa shape index (κ2) is 3.79. The van der Waals surface area contributed by atoms with Gasteiger partial charge in [0, 0.05) is 12.7 Å². The van der Waals surface area contributed by atoms with Gasteiger partial charge in [0.25, 0.3) is 5.91 Å². The van der Waals surface area contributed by atoms with Gasteiger partial charge in [0.2, 0.25) is 0 Å². The quantitative estimate of drug-likeness (QED) is 0.852. The number of rotatable bonds is 2. The van der Waals surface area contributed by atoms with Crippen LogP contribution in [0.4, 0.5) is 0 Å². The summed E-state index contributed by atoms with van der Waals surface area (Å²) in [5.74, 6) is -0.0692. The molecular formula is C11H15ClN2O2. The highest BCUT2D eigenvalue weighted by Crippen LogP contribution is 2.24. The number of hydrogen-bond acceptors (Lipinski definition) is 2. The zero-order chi connectivity index (χ0) is 11.9. The first-order chi connectivity index (χ1) is 7.43. The summed E-state index contributed by atoms with van der Waals surface area (Å²) in [4.78, 5) is 13.7. The molecule has 0 aromatic carbocycles. The summed E-state index contributed by atoms with van der Waals surface area (Å²) in [5.41, 5.74) is -0.147. The van der Waals surface area contributed by atoms with E-state index in [4.69, 9.17) is 11.6 Å². The van der Waals surface area contributed by atoms with E-state index in [1.807, 2.05) is 11.5 Å². The smallest absolute Gasteiger partial charge is 0.270 e. The van der Waals surface area contributed by atoms with Crippen molar-refractivity contribution in [3.63, 3.8) is 0 Å². The molecule has 16 heavy (non-hydrogen) atoms. The minimum absolute atomic E-state index is 0.0692. The second-order valence-electron chi connectivity index (χ2n) is 4.49. The van der Waals surface area contributed by atoms with Gasteiger partial charge in [-0.2, -0.15) is 0 Å². The minimum Gasteiger partial charge on any atom is -0.386 e. The molecule has 1 aromatic heterocycles. The van der Waals surface area contributed by atoms with Crippen LogP contribution in [0.1, 0.15) is 24.3 Å². The molecule has 1 N–H and O–H groups in total. The van der Waals surface area contributed by atoms with E-state index in [1.165, 1.54) is 0 Å². The van der Waals surface area contributed by atoms with Gasteiger partial charge < -0.3 is 14.6 Å². The van der Waals surface area contributed by atoms with Crippen molar-refractivity contribution in [3.8, 4) is 0 Å². The molecule has 0 aliphatic carbocycles. The molecule has 0 atom stereocenters. The number of amides is 1. The molecule has 1 fully saturated rings. The molecule has 0 bridgehead atoms. The number of aryl methyl sites for hydroxylation is 1. The second-order valence-corrected chi connectivity index (χ2v) is 4.92. The summed E-state index contributed by atoms with van der Waals surface area (Å²) in [7, 11) is 0. The van der Waals surface area contributed by atoms with Crippen molar-refractivity contribution in [2.45, 2.75) is 26.0 Å². The molecular weight excluding hydrogens is 228 g/mol. The number of carbonyl (C=O) groups excluding carboxylic acids is 1. The molecule has 0 unspecified atom stereocenters. The van der Waals surface area contributed by atoms with Crippen LogP contribution >= 0.6 is 11.6 Å². The van der Waals surface area contributed by atoms with E-state index in [-0.39, 0.29) is 5.91 Å². The van der Waals surface area contributed by atoms with Crippen LogP contribution in [0.5, 0.6) is 0 Å². The minimum atomic E-state index is -0.733. The van der Waals surface area contributed by atoms with Crippen LogP contribution in [0, 0.1) is 0 Å². The van der Waals surface area contributed by atoms with Gasteiger partial charge in [-0.1, -0.05) is 11.6 Å². The van der Waals surface area contributed by atoms with E-state index in [9.17, 15) is 9.90 Å². The van der Waals surface area contributed by atoms with Gasteiger partial charge in [0.1, 0.15) is 5.69 Å². The van der Waals surface area contributed by atoms with E-state index in [0.29, 0.717) is 30.4 Å². The third kappa shape index (κ3) is 1.95. The lowest BCUT2D eigenvalue weighted by molar-refractivity contribution is -0.0672. The van der Waals surface area contributed by atoms with Gasteiger partial charge in [0.15, 0.2) is 0 Å². The average molecular weight is 243 g/mol. The van der Waals surface area contributed by atoms with Crippen molar-refractivity contribution in [2.75, 3.05) is 13.1 Å². The molecule has 4 nitrogen and oxygen atoms in total. The Labute approximate surface area is 99.4 Å². The Bertz CT molecular complexity index is 418. The summed E-state index contributed by atoms with van der Waals surface area (Å²) >= 11 is 5.87. The average Bonchev–Trinajstić information content (AvgIpc) is 2.54. The summed E-state index contributed by atoms with van der Waals surface area (Å²) in [6, 6.07) is 1.67. The third-order valence-electron chi connectivity index (χ3n) is 2.77. The Hall–Kier alpha value is -1.00. The Kier molecular flexibility index (Phi) is 2.72. The van der Waals surface area contributed by atoms with Crippen molar-refractivity contribution in [3.05, 3.63) is 23.0 Å². The number of nitrogens with zero attached hydrogens (tertiary/aromatic N) is 2. The molecule has 1 aliphatic rings. The van der Waals surface area contributed by atoms with Crippen LogP contribution in [0.15, 0.2) is 12.3 Å². The van der Waals surface area contributed by atoms with Crippen molar-refractivity contribution in [1.82, 2.24) is 9.47 Å². The van der Waals surface area contributed by atoms with Gasteiger partial charge in [-0.05, 0) is 19.9 Å². The van der Waals surface area contributed by atoms with E-state index < -0.39 is 5.60 Å². The lowest BCUT2D eigenvalue weighted by Crippen LogP contribution is -2.61. The molecule has 5 heteroatoms. The maximum Gasteiger partial charge on any atom is 0.270 e. The van der Waals surface area contributed by atoms with E-state index in [2.05, 4.69) is 0 Å². The molecule has 2 heterocycles.